The molecule has 0 radical (unpaired) electrons. The zero-order chi connectivity index (χ0) is 7.28. The highest BCUT2D eigenvalue weighted by Crippen LogP contribution is 2.00. The van der Waals surface area contributed by atoms with Crippen molar-refractivity contribution in [3.05, 3.63) is 12.8 Å². The van der Waals surface area contributed by atoms with E-state index >= 15 is 0 Å². The van der Waals surface area contributed by atoms with E-state index in [2.05, 4.69) is 11.3 Å². The van der Waals surface area contributed by atoms with Crippen LogP contribution >= 0.6 is 0 Å². The van der Waals surface area contributed by atoms with Crippen LogP contribution in [0.5, 0.6) is 0 Å². The molecule has 9 heavy (non-hydrogen) atoms. The van der Waals surface area contributed by atoms with Crippen molar-refractivity contribution in [2.45, 2.75) is 20.3 Å². The maximum absolute atomic E-state index is 10.6. The highest BCUT2D eigenvalue weighted by atomic mass is 16.5. The summed E-state index contributed by atoms with van der Waals surface area (Å²) in [5.74, 6) is 0.150. The van der Waals surface area contributed by atoms with Crippen LogP contribution in [0.1, 0.15) is 20.3 Å². The van der Waals surface area contributed by atoms with E-state index in [9.17, 15) is 4.79 Å². The molecule has 0 heterocycles. The lowest BCUT2D eigenvalue weighted by Gasteiger charge is -2.00. The molecule has 0 aliphatic carbocycles. The first-order valence-electron chi connectivity index (χ1n) is 2.97. The quantitative estimate of drug-likeness (QED) is 0.427. The Hall–Kier alpha value is -0.790. The van der Waals surface area contributed by atoms with Gasteiger partial charge >= 0.3 is 5.97 Å². The van der Waals surface area contributed by atoms with E-state index in [1.54, 1.807) is 0 Å². The van der Waals surface area contributed by atoms with Crippen molar-refractivity contribution in [1.29, 1.82) is 0 Å². The predicted octanol–water partition coefficient (Wildman–Crippen LogP) is 1.72. The summed E-state index contributed by atoms with van der Waals surface area (Å²) in [6, 6.07) is 0. The van der Waals surface area contributed by atoms with Crippen LogP contribution in [0.2, 0.25) is 0 Å². The van der Waals surface area contributed by atoms with Crippen molar-refractivity contribution in [2.24, 2.45) is 5.92 Å². The van der Waals surface area contributed by atoms with Gasteiger partial charge in [0.05, 0.1) is 6.26 Å². The van der Waals surface area contributed by atoms with Crippen LogP contribution in [0.15, 0.2) is 12.8 Å². The van der Waals surface area contributed by atoms with Crippen LogP contribution in [0.4, 0.5) is 0 Å². The molecule has 0 fully saturated rings. The molecule has 0 aromatic carbocycles. The van der Waals surface area contributed by atoms with Gasteiger partial charge in [0.1, 0.15) is 0 Å². The second kappa shape index (κ2) is 4.13. The SMILES string of the molecule is C=COC(=O)CC(C)C. The molecule has 0 saturated heterocycles. The van der Waals surface area contributed by atoms with Crippen LogP contribution in [0, 0.1) is 5.92 Å². The Morgan fingerprint density at radius 3 is 2.67 bits per heavy atom. The van der Waals surface area contributed by atoms with Gasteiger partial charge in [-0.3, -0.25) is 4.79 Å². The minimum atomic E-state index is -0.208. The summed E-state index contributed by atoms with van der Waals surface area (Å²) < 4.78 is 4.48. The van der Waals surface area contributed by atoms with E-state index in [4.69, 9.17) is 0 Å². The molecular formula is C7H12O2. The van der Waals surface area contributed by atoms with Crippen molar-refractivity contribution < 1.29 is 9.53 Å². The van der Waals surface area contributed by atoms with Gasteiger partial charge < -0.3 is 4.74 Å². The molecule has 0 bridgehead atoms. The van der Waals surface area contributed by atoms with Crippen molar-refractivity contribution in [2.75, 3.05) is 0 Å². The number of carbonyl (C=O) groups is 1. The zero-order valence-electron chi connectivity index (χ0n) is 5.89. The Bertz CT molecular complexity index is 105. The number of rotatable bonds is 3. The van der Waals surface area contributed by atoms with Gasteiger partial charge in [0.2, 0.25) is 0 Å². The Labute approximate surface area is 55.5 Å². The van der Waals surface area contributed by atoms with E-state index in [1.807, 2.05) is 13.8 Å². The molecule has 0 atom stereocenters. The standard InChI is InChI=1S/C7H12O2/c1-4-9-7(8)5-6(2)3/h4,6H,1,5H2,2-3H3. The summed E-state index contributed by atoms with van der Waals surface area (Å²) in [7, 11) is 0. The zero-order valence-corrected chi connectivity index (χ0v) is 5.89. The topological polar surface area (TPSA) is 26.3 Å². The average Bonchev–Trinajstić information content (AvgIpc) is 1.63. The Morgan fingerprint density at radius 1 is 1.78 bits per heavy atom. The number of esters is 1. The number of carbonyl (C=O) groups excluding carboxylic acids is 1. The third kappa shape index (κ3) is 5.07. The highest BCUT2D eigenvalue weighted by Gasteiger charge is 2.02. The smallest absolute Gasteiger partial charge is 0.310 e. The van der Waals surface area contributed by atoms with Crippen LogP contribution in [0.25, 0.3) is 0 Å². The van der Waals surface area contributed by atoms with Gasteiger partial charge in [0.15, 0.2) is 0 Å². The third-order valence-corrected chi connectivity index (χ3v) is 0.790. The first kappa shape index (κ1) is 8.21. The van der Waals surface area contributed by atoms with Crippen LogP contribution in [-0.4, -0.2) is 5.97 Å². The molecule has 0 aromatic rings. The van der Waals surface area contributed by atoms with Crippen molar-refractivity contribution in [3.63, 3.8) is 0 Å². The van der Waals surface area contributed by atoms with Gasteiger partial charge in [0, 0.05) is 6.42 Å². The second-order valence-electron chi connectivity index (χ2n) is 2.25. The summed E-state index contributed by atoms with van der Waals surface area (Å²) >= 11 is 0. The molecule has 2 nitrogen and oxygen atoms in total. The van der Waals surface area contributed by atoms with Crippen molar-refractivity contribution in [3.8, 4) is 0 Å². The fourth-order valence-corrected chi connectivity index (χ4v) is 0.474. The van der Waals surface area contributed by atoms with Gasteiger partial charge in [-0.05, 0) is 5.92 Å². The van der Waals surface area contributed by atoms with Crippen molar-refractivity contribution >= 4 is 5.97 Å². The summed E-state index contributed by atoms with van der Waals surface area (Å²) in [5, 5.41) is 0. The Kier molecular flexibility index (Phi) is 3.76. The van der Waals surface area contributed by atoms with E-state index in [0.29, 0.717) is 12.3 Å². The summed E-state index contributed by atoms with van der Waals surface area (Å²) in [4.78, 5) is 10.6. The predicted molar refractivity (Wildman–Crippen MR) is 35.7 cm³/mol. The molecule has 0 N–H and O–H groups in total. The van der Waals surface area contributed by atoms with Gasteiger partial charge in [-0.1, -0.05) is 20.4 Å². The average molecular weight is 128 g/mol. The molecule has 0 amide bonds. The maximum Gasteiger partial charge on any atom is 0.310 e. The van der Waals surface area contributed by atoms with E-state index in [0.717, 1.165) is 6.26 Å². The molecular weight excluding hydrogens is 116 g/mol. The molecule has 52 valence electrons. The lowest BCUT2D eigenvalue weighted by atomic mass is 10.1. The van der Waals surface area contributed by atoms with E-state index in [-0.39, 0.29) is 5.97 Å². The highest BCUT2D eigenvalue weighted by molar-refractivity contribution is 5.70. The van der Waals surface area contributed by atoms with Crippen LogP contribution < -0.4 is 0 Å². The molecule has 0 aliphatic heterocycles. The lowest BCUT2D eigenvalue weighted by molar-refractivity contribution is -0.138. The van der Waals surface area contributed by atoms with Gasteiger partial charge in [-0.2, -0.15) is 0 Å². The molecule has 0 rings (SSSR count). The minimum Gasteiger partial charge on any atom is -0.435 e. The lowest BCUT2D eigenvalue weighted by Crippen LogP contribution is -2.03. The number of hydrogen-bond donors (Lipinski definition) is 0. The normalized spacial score (nSPS) is 9.22. The Morgan fingerprint density at radius 2 is 2.33 bits per heavy atom. The summed E-state index contributed by atoms with van der Waals surface area (Å²) in [6.45, 7) is 7.19. The molecule has 2 heteroatoms. The van der Waals surface area contributed by atoms with Gasteiger partial charge in [-0.15, -0.1) is 0 Å². The monoisotopic (exact) mass is 128 g/mol. The summed E-state index contributed by atoms with van der Waals surface area (Å²) in [5.41, 5.74) is 0. The minimum absolute atomic E-state index is 0.208. The fraction of sp³-hybridized carbons (Fsp3) is 0.571. The second-order valence-corrected chi connectivity index (χ2v) is 2.25. The van der Waals surface area contributed by atoms with Crippen LogP contribution in [-0.2, 0) is 9.53 Å². The number of hydrogen-bond acceptors (Lipinski definition) is 2. The fourth-order valence-electron chi connectivity index (χ4n) is 0.474. The van der Waals surface area contributed by atoms with E-state index < -0.39 is 0 Å². The van der Waals surface area contributed by atoms with E-state index in [1.165, 1.54) is 0 Å². The van der Waals surface area contributed by atoms with Gasteiger partial charge in [-0.25, -0.2) is 0 Å². The molecule has 0 unspecified atom stereocenters. The first-order valence-corrected chi connectivity index (χ1v) is 2.97. The molecule has 0 saturated carbocycles. The van der Waals surface area contributed by atoms with Crippen LogP contribution in [0.3, 0.4) is 0 Å². The summed E-state index contributed by atoms with van der Waals surface area (Å²) in [6.07, 6.45) is 1.62. The van der Waals surface area contributed by atoms with Gasteiger partial charge in [0.25, 0.3) is 0 Å². The van der Waals surface area contributed by atoms with Crippen molar-refractivity contribution in [1.82, 2.24) is 0 Å². The number of ether oxygens (including phenoxy) is 1. The molecule has 0 aromatic heterocycles. The molecule has 0 spiro atoms. The first-order chi connectivity index (χ1) is 4.16. The molecule has 0 aliphatic rings. The maximum atomic E-state index is 10.6. The Balaban J connectivity index is 3.38. The third-order valence-electron chi connectivity index (χ3n) is 0.790. The largest absolute Gasteiger partial charge is 0.435 e.